The number of nitrogens with one attached hydrogen (secondary N) is 1. The SMILES string of the molecule is Cc1c(O)cccc1C(=O)N1CCC(NCC2CC2)CC1. The van der Waals surface area contributed by atoms with Gasteiger partial charge in [0.1, 0.15) is 5.75 Å². The summed E-state index contributed by atoms with van der Waals surface area (Å²) in [7, 11) is 0. The predicted octanol–water partition coefficient (Wildman–Crippen LogP) is 2.30. The molecule has 0 bridgehead atoms. The van der Waals surface area contributed by atoms with Crippen LogP contribution >= 0.6 is 0 Å². The number of hydrogen-bond acceptors (Lipinski definition) is 3. The Morgan fingerprint density at radius 3 is 2.67 bits per heavy atom. The zero-order valence-electron chi connectivity index (χ0n) is 12.6. The molecule has 1 aliphatic carbocycles. The van der Waals surface area contributed by atoms with Gasteiger partial charge in [-0.05, 0) is 57.2 Å². The Kier molecular flexibility index (Phi) is 4.15. The van der Waals surface area contributed by atoms with E-state index in [1.54, 1.807) is 25.1 Å². The number of phenols is 1. The third-order valence-electron chi connectivity index (χ3n) is 4.71. The fourth-order valence-electron chi connectivity index (χ4n) is 2.97. The minimum Gasteiger partial charge on any atom is -0.508 e. The number of carbonyl (C=O) groups is 1. The molecule has 3 rings (SSSR count). The molecule has 1 saturated heterocycles. The summed E-state index contributed by atoms with van der Waals surface area (Å²) in [6.07, 6.45) is 4.80. The van der Waals surface area contributed by atoms with Crippen LogP contribution in [-0.2, 0) is 0 Å². The average Bonchev–Trinajstić information content (AvgIpc) is 3.32. The number of phenolic OH excluding ortho intramolecular Hbond substituents is 1. The maximum atomic E-state index is 12.5. The topological polar surface area (TPSA) is 52.6 Å². The van der Waals surface area contributed by atoms with Crippen LogP contribution in [0, 0.1) is 12.8 Å². The number of carbonyl (C=O) groups excluding carboxylic acids is 1. The summed E-state index contributed by atoms with van der Waals surface area (Å²) in [5, 5.41) is 13.4. The molecule has 2 aliphatic rings. The van der Waals surface area contributed by atoms with Crippen LogP contribution in [-0.4, -0.2) is 41.6 Å². The summed E-state index contributed by atoms with van der Waals surface area (Å²) in [5.74, 6) is 1.14. The highest BCUT2D eigenvalue weighted by atomic mass is 16.3. The lowest BCUT2D eigenvalue weighted by molar-refractivity contribution is 0.0703. The summed E-state index contributed by atoms with van der Waals surface area (Å²) >= 11 is 0. The summed E-state index contributed by atoms with van der Waals surface area (Å²) in [6, 6.07) is 5.72. The Bertz CT molecular complexity index is 518. The first kappa shape index (κ1) is 14.4. The molecule has 2 N–H and O–H groups in total. The van der Waals surface area contributed by atoms with Gasteiger partial charge in [0, 0.05) is 30.3 Å². The molecule has 4 heteroatoms. The van der Waals surface area contributed by atoms with E-state index in [2.05, 4.69) is 5.32 Å². The highest BCUT2D eigenvalue weighted by molar-refractivity contribution is 5.96. The molecule has 0 spiro atoms. The molecule has 114 valence electrons. The largest absolute Gasteiger partial charge is 0.508 e. The first-order chi connectivity index (χ1) is 10.1. The minimum atomic E-state index is 0.0454. The lowest BCUT2D eigenvalue weighted by atomic mass is 10.0. The highest BCUT2D eigenvalue weighted by Gasteiger charge is 2.27. The summed E-state index contributed by atoms with van der Waals surface area (Å²) in [4.78, 5) is 14.5. The van der Waals surface area contributed by atoms with Crippen molar-refractivity contribution >= 4 is 5.91 Å². The molecule has 1 heterocycles. The Balaban J connectivity index is 1.55. The molecule has 0 aromatic heterocycles. The molecule has 1 aliphatic heterocycles. The first-order valence-corrected chi connectivity index (χ1v) is 7.96. The number of aromatic hydroxyl groups is 1. The van der Waals surface area contributed by atoms with Gasteiger partial charge in [-0.1, -0.05) is 6.07 Å². The molecule has 1 aromatic rings. The molecule has 1 aromatic carbocycles. The fraction of sp³-hybridized carbons (Fsp3) is 0.588. The van der Waals surface area contributed by atoms with Crippen LogP contribution in [0.4, 0.5) is 0 Å². The van der Waals surface area contributed by atoms with E-state index in [1.165, 1.54) is 12.8 Å². The van der Waals surface area contributed by atoms with Gasteiger partial charge in [-0.2, -0.15) is 0 Å². The zero-order valence-corrected chi connectivity index (χ0v) is 12.6. The lowest BCUT2D eigenvalue weighted by Gasteiger charge is -2.33. The van der Waals surface area contributed by atoms with Crippen molar-refractivity contribution in [2.45, 2.75) is 38.6 Å². The molecule has 21 heavy (non-hydrogen) atoms. The maximum absolute atomic E-state index is 12.5. The summed E-state index contributed by atoms with van der Waals surface area (Å²) in [5.41, 5.74) is 1.30. The van der Waals surface area contributed by atoms with Crippen molar-refractivity contribution in [3.63, 3.8) is 0 Å². The number of likely N-dealkylation sites (tertiary alicyclic amines) is 1. The smallest absolute Gasteiger partial charge is 0.254 e. The molecule has 0 unspecified atom stereocenters. The summed E-state index contributed by atoms with van der Waals surface area (Å²) < 4.78 is 0. The van der Waals surface area contributed by atoms with Crippen molar-refractivity contribution in [3.05, 3.63) is 29.3 Å². The van der Waals surface area contributed by atoms with Crippen molar-refractivity contribution in [3.8, 4) is 5.75 Å². The number of hydrogen-bond donors (Lipinski definition) is 2. The van der Waals surface area contributed by atoms with Crippen LogP contribution in [0.15, 0.2) is 18.2 Å². The molecule has 0 atom stereocenters. The van der Waals surface area contributed by atoms with Gasteiger partial charge >= 0.3 is 0 Å². The third kappa shape index (κ3) is 3.38. The van der Waals surface area contributed by atoms with E-state index in [-0.39, 0.29) is 11.7 Å². The number of amides is 1. The number of benzene rings is 1. The van der Waals surface area contributed by atoms with Gasteiger partial charge in [0.15, 0.2) is 0 Å². The van der Waals surface area contributed by atoms with Crippen molar-refractivity contribution < 1.29 is 9.90 Å². The molecule has 1 saturated carbocycles. The molecule has 2 fully saturated rings. The van der Waals surface area contributed by atoms with E-state index in [0.717, 1.165) is 38.4 Å². The highest BCUT2D eigenvalue weighted by Crippen LogP contribution is 2.28. The molecular formula is C17H24N2O2. The van der Waals surface area contributed by atoms with Crippen molar-refractivity contribution in [1.82, 2.24) is 10.2 Å². The second-order valence-corrected chi connectivity index (χ2v) is 6.37. The predicted molar refractivity (Wildman–Crippen MR) is 82.5 cm³/mol. The van der Waals surface area contributed by atoms with E-state index < -0.39 is 0 Å². The second kappa shape index (κ2) is 6.06. The first-order valence-electron chi connectivity index (χ1n) is 7.96. The van der Waals surface area contributed by atoms with Crippen LogP contribution in [0.1, 0.15) is 41.6 Å². The van der Waals surface area contributed by atoms with E-state index in [1.807, 2.05) is 4.90 Å². The van der Waals surface area contributed by atoms with E-state index in [4.69, 9.17) is 0 Å². The molecule has 0 radical (unpaired) electrons. The maximum Gasteiger partial charge on any atom is 0.254 e. The van der Waals surface area contributed by atoms with Gasteiger partial charge in [0.05, 0.1) is 0 Å². The van der Waals surface area contributed by atoms with Crippen molar-refractivity contribution in [2.75, 3.05) is 19.6 Å². The van der Waals surface area contributed by atoms with Crippen LogP contribution in [0.25, 0.3) is 0 Å². The van der Waals surface area contributed by atoms with Crippen molar-refractivity contribution in [1.29, 1.82) is 0 Å². The zero-order chi connectivity index (χ0) is 14.8. The lowest BCUT2D eigenvalue weighted by Crippen LogP contribution is -2.45. The Labute approximate surface area is 126 Å². The minimum absolute atomic E-state index is 0.0454. The van der Waals surface area contributed by atoms with E-state index >= 15 is 0 Å². The average molecular weight is 288 g/mol. The Morgan fingerprint density at radius 1 is 1.29 bits per heavy atom. The van der Waals surface area contributed by atoms with Crippen molar-refractivity contribution in [2.24, 2.45) is 5.92 Å². The van der Waals surface area contributed by atoms with Crippen LogP contribution < -0.4 is 5.32 Å². The quantitative estimate of drug-likeness (QED) is 0.894. The summed E-state index contributed by atoms with van der Waals surface area (Å²) in [6.45, 7) is 4.54. The van der Waals surface area contributed by atoms with Crippen LogP contribution in [0.5, 0.6) is 5.75 Å². The number of rotatable bonds is 4. The normalized spacial score (nSPS) is 19.8. The van der Waals surface area contributed by atoms with E-state index in [0.29, 0.717) is 17.2 Å². The monoisotopic (exact) mass is 288 g/mol. The van der Waals surface area contributed by atoms with E-state index in [9.17, 15) is 9.90 Å². The molecular weight excluding hydrogens is 264 g/mol. The van der Waals surface area contributed by atoms with Gasteiger partial charge in [-0.25, -0.2) is 0 Å². The Morgan fingerprint density at radius 2 is 2.00 bits per heavy atom. The number of piperidine rings is 1. The van der Waals surface area contributed by atoms with Gasteiger partial charge in [-0.3, -0.25) is 4.79 Å². The van der Waals surface area contributed by atoms with Gasteiger partial charge in [0.25, 0.3) is 5.91 Å². The second-order valence-electron chi connectivity index (χ2n) is 6.37. The van der Waals surface area contributed by atoms with Crippen LogP contribution in [0.3, 0.4) is 0 Å². The van der Waals surface area contributed by atoms with Gasteiger partial charge < -0.3 is 15.3 Å². The van der Waals surface area contributed by atoms with Gasteiger partial charge in [0.2, 0.25) is 0 Å². The number of nitrogens with zero attached hydrogens (tertiary/aromatic N) is 1. The Hall–Kier alpha value is -1.55. The van der Waals surface area contributed by atoms with Gasteiger partial charge in [-0.15, -0.1) is 0 Å². The third-order valence-corrected chi connectivity index (χ3v) is 4.71. The fourth-order valence-corrected chi connectivity index (χ4v) is 2.97. The molecule has 4 nitrogen and oxygen atoms in total. The van der Waals surface area contributed by atoms with Crippen LogP contribution in [0.2, 0.25) is 0 Å². The standard InChI is InChI=1S/C17H24N2O2/c1-12-15(3-2-4-16(12)20)17(21)19-9-7-14(8-10-19)18-11-13-5-6-13/h2-4,13-14,18,20H,5-11H2,1H3. The molecule has 1 amide bonds.